The van der Waals surface area contributed by atoms with Crippen LogP contribution in [-0.2, 0) is 11.4 Å². The molecule has 0 atom stereocenters. The van der Waals surface area contributed by atoms with Crippen molar-refractivity contribution in [2.24, 2.45) is 0 Å². The first-order valence-electron chi connectivity index (χ1n) is 8.18. The van der Waals surface area contributed by atoms with Gasteiger partial charge in [-0.3, -0.25) is 14.9 Å². The van der Waals surface area contributed by atoms with Crippen LogP contribution in [0.25, 0.3) is 0 Å². The van der Waals surface area contributed by atoms with E-state index in [0.29, 0.717) is 17.3 Å². The summed E-state index contributed by atoms with van der Waals surface area (Å²) in [5.41, 5.74) is 1.33. The van der Waals surface area contributed by atoms with Gasteiger partial charge in [0.1, 0.15) is 5.75 Å². The van der Waals surface area contributed by atoms with Crippen molar-refractivity contribution in [3.8, 4) is 5.75 Å². The largest absolute Gasteiger partial charge is 0.484 e. The van der Waals surface area contributed by atoms with Gasteiger partial charge in [0.2, 0.25) is 5.91 Å². The molecule has 0 radical (unpaired) electrons. The second kappa shape index (κ2) is 9.00. The second-order valence-electron chi connectivity index (χ2n) is 5.71. The summed E-state index contributed by atoms with van der Waals surface area (Å²) in [5, 5.41) is 21.3. The molecule has 1 N–H and O–H groups in total. The van der Waals surface area contributed by atoms with Gasteiger partial charge in [0.25, 0.3) is 16.8 Å². The monoisotopic (exact) mass is 400 g/mol. The second-order valence-corrected chi connectivity index (χ2v) is 6.64. The molecule has 0 aliphatic carbocycles. The summed E-state index contributed by atoms with van der Waals surface area (Å²) < 4.78 is 11.0. The molecule has 3 aromatic rings. The molecule has 28 heavy (non-hydrogen) atoms. The van der Waals surface area contributed by atoms with E-state index in [2.05, 4.69) is 15.5 Å². The van der Waals surface area contributed by atoms with Crippen LogP contribution in [0, 0.1) is 17.0 Å². The maximum absolute atomic E-state index is 12.0. The van der Waals surface area contributed by atoms with Gasteiger partial charge in [0.15, 0.2) is 6.61 Å². The predicted octanol–water partition coefficient (Wildman–Crippen LogP) is 3.60. The van der Waals surface area contributed by atoms with Crippen LogP contribution >= 0.6 is 11.8 Å². The molecule has 144 valence electrons. The number of rotatable bonds is 8. The third kappa shape index (κ3) is 5.55. The van der Waals surface area contributed by atoms with Crippen LogP contribution in [0.15, 0.2) is 58.2 Å². The lowest BCUT2D eigenvalue weighted by Crippen LogP contribution is -2.14. The molecular weight excluding hydrogens is 384 g/mol. The Labute approximate surface area is 164 Å². The average Bonchev–Trinajstić information content (AvgIpc) is 3.13. The highest BCUT2D eigenvalue weighted by Crippen LogP contribution is 2.20. The molecule has 0 saturated heterocycles. The van der Waals surface area contributed by atoms with Gasteiger partial charge in [0.05, 0.1) is 10.7 Å². The number of aromatic nitrogens is 2. The van der Waals surface area contributed by atoms with Crippen molar-refractivity contribution >= 4 is 29.0 Å². The number of anilines is 1. The molecule has 1 amide bonds. The van der Waals surface area contributed by atoms with Crippen molar-refractivity contribution < 1.29 is 18.9 Å². The molecule has 2 aromatic carbocycles. The minimum Gasteiger partial charge on any atom is -0.484 e. The first-order valence-corrected chi connectivity index (χ1v) is 9.17. The van der Waals surface area contributed by atoms with Crippen LogP contribution in [0.4, 0.5) is 11.4 Å². The zero-order chi connectivity index (χ0) is 19.9. The molecule has 0 aliphatic rings. The lowest BCUT2D eigenvalue weighted by Gasteiger charge is -2.04. The number of thioether (sulfide) groups is 1. The Hall–Kier alpha value is -3.40. The van der Waals surface area contributed by atoms with Gasteiger partial charge in [0, 0.05) is 17.8 Å². The summed E-state index contributed by atoms with van der Waals surface area (Å²) in [7, 11) is 0. The summed E-state index contributed by atoms with van der Waals surface area (Å²) in [6.45, 7) is 2.09. The van der Waals surface area contributed by atoms with Crippen molar-refractivity contribution in [2.45, 2.75) is 18.8 Å². The number of carbonyl (C=O) groups excluding carboxylic acids is 1. The van der Waals surface area contributed by atoms with E-state index in [1.54, 1.807) is 6.07 Å². The average molecular weight is 400 g/mol. The Morgan fingerprint density at radius 2 is 2.07 bits per heavy atom. The van der Waals surface area contributed by atoms with Crippen molar-refractivity contribution in [1.82, 2.24) is 10.2 Å². The molecule has 3 rings (SSSR count). The number of hydrogen-bond acceptors (Lipinski definition) is 8. The van der Waals surface area contributed by atoms with Crippen LogP contribution < -0.4 is 10.1 Å². The van der Waals surface area contributed by atoms with Gasteiger partial charge in [-0.1, -0.05) is 30.0 Å². The fourth-order valence-corrected chi connectivity index (χ4v) is 2.81. The molecular formula is C18H16N4O5S. The third-order valence-electron chi connectivity index (χ3n) is 3.47. The van der Waals surface area contributed by atoms with Crippen LogP contribution in [0.1, 0.15) is 11.5 Å². The number of nitro groups is 1. The summed E-state index contributed by atoms with van der Waals surface area (Å²) in [5.74, 6) is 0.663. The summed E-state index contributed by atoms with van der Waals surface area (Å²) in [6.07, 6.45) is 0. The van der Waals surface area contributed by atoms with Crippen molar-refractivity contribution in [3.05, 3.63) is 70.1 Å². The van der Waals surface area contributed by atoms with Crippen molar-refractivity contribution in [2.75, 3.05) is 11.1 Å². The molecule has 1 aromatic heterocycles. The number of hydrogen-bond donors (Lipinski definition) is 1. The van der Waals surface area contributed by atoms with E-state index in [9.17, 15) is 14.9 Å². The van der Waals surface area contributed by atoms with Crippen LogP contribution in [0.3, 0.4) is 0 Å². The Morgan fingerprint density at radius 1 is 1.25 bits per heavy atom. The molecule has 0 bridgehead atoms. The van der Waals surface area contributed by atoms with Crippen molar-refractivity contribution in [1.29, 1.82) is 0 Å². The number of nitro benzene ring substituents is 1. The normalized spacial score (nSPS) is 10.5. The molecule has 0 aliphatic heterocycles. The number of amides is 1. The maximum Gasteiger partial charge on any atom is 0.277 e. The minimum atomic E-state index is -0.525. The number of aryl methyl sites for hydroxylation is 1. The Bertz CT molecular complexity index is 991. The van der Waals surface area contributed by atoms with Gasteiger partial charge < -0.3 is 14.5 Å². The number of ether oxygens (including phenoxy) is 1. The van der Waals surface area contributed by atoms with E-state index in [4.69, 9.17) is 9.15 Å². The van der Waals surface area contributed by atoms with E-state index >= 15 is 0 Å². The first-order chi connectivity index (χ1) is 13.5. The lowest BCUT2D eigenvalue weighted by atomic mass is 10.2. The van der Waals surface area contributed by atoms with Gasteiger partial charge in [-0.25, -0.2) is 0 Å². The Morgan fingerprint density at radius 3 is 2.86 bits per heavy atom. The highest BCUT2D eigenvalue weighted by molar-refractivity contribution is 7.99. The quantitative estimate of drug-likeness (QED) is 0.346. The summed E-state index contributed by atoms with van der Waals surface area (Å²) in [4.78, 5) is 22.2. The SMILES string of the molecule is Cc1cccc(OCc2nnc(SCC(=O)Nc3cccc([N+](=O)[O-])c3)o2)c1. The fraction of sp³-hybridized carbons (Fsp3) is 0.167. The lowest BCUT2D eigenvalue weighted by molar-refractivity contribution is -0.384. The summed E-state index contributed by atoms with van der Waals surface area (Å²) in [6, 6.07) is 13.3. The Balaban J connectivity index is 1.48. The third-order valence-corrected chi connectivity index (χ3v) is 4.29. The molecule has 10 heteroatoms. The van der Waals surface area contributed by atoms with Gasteiger partial charge in [-0.2, -0.15) is 0 Å². The number of benzene rings is 2. The first kappa shape index (κ1) is 19.4. The Kier molecular flexibility index (Phi) is 6.22. The van der Waals surface area contributed by atoms with Gasteiger partial charge in [-0.15, -0.1) is 10.2 Å². The van der Waals surface area contributed by atoms with Crippen LogP contribution in [-0.4, -0.2) is 26.8 Å². The zero-order valence-electron chi connectivity index (χ0n) is 14.8. The van der Waals surface area contributed by atoms with Crippen LogP contribution in [0.5, 0.6) is 5.75 Å². The topological polar surface area (TPSA) is 120 Å². The highest BCUT2D eigenvalue weighted by Gasteiger charge is 2.12. The number of carbonyl (C=O) groups is 1. The van der Waals surface area contributed by atoms with Crippen LogP contribution in [0.2, 0.25) is 0 Å². The maximum atomic E-state index is 12.0. The molecule has 0 spiro atoms. The van der Waals surface area contributed by atoms with Crippen molar-refractivity contribution in [3.63, 3.8) is 0 Å². The highest BCUT2D eigenvalue weighted by atomic mass is 32.2. The number of nitrogens with one attached hydrogen (secondary N) is 1. The minimum absolute atomic E-state index is 0.0169. The van der Waals surface area contributed by atoms with E-state index in [-0.39, 0.29) is 29.2 Å². The number of non-ortho nitro benzene ring substituents is 1. The standard InChI is InChI=1S/C18H16N4O5S/c1-12-4-2-7-15(8-12)26-10-17-20-21-18(27-17)28-11-16(23)19-13-5-3-6-14(9-13)22(24)25/h2-9H,10-11H2,1H3,(H,19,23). The smallest absolute Gasteiger partial charge is 0.277 e. The fourth-order valence-electron chi connectivity index (χ4n) is 2.23. The predicted molar refractivity (Wildman–Crippen MR) is 102 cm³/mol. The zero-order valence-corrected chi connectivity index (χ0v) is 15.6. The van der Waals surface area contributed by atoms with E-state index in [0.717, 1.165) is 17.3 Å². The molecule has 1 heterocycles. The van der Waals surface area contributed by atoms with E-state index in [1.165, 1.54) is 18.2 Å². The molecule has 0 saturated carbocycles. The van der Waals surface area contributed by atoms with Gasteiger partial charge >= 0.3 is 0 Å². The van der Waals surface area contributed by atoms with E-state index < -0.39 is 4.92 Å². The molecule has 0 unspecified atom stereocenters. The van der Waals surface area contributed by atoms with Gasteiger partial charge in [-0.05, 0) is 30.7 Å². The summed E-state index contributed by atoms with van der Waals surface area (Å²) >= 11 is 1.06. The molecule has 0 fully saturated rings. The number of nitrogens with zero attached hydrogens (tertiary/aromatic N) is 3. The molecule has 9 nitrogen and oxygen atoms in total. The van der Waals surface area contributed by atoms with E-state index in [1.807, 2.05) is 31.2 Å².